The highest BCUT2D eigenvalue weighted by molar-refractivity contribution is 7.91. The summed E-state index contributed by atoms with van der Waals surface area (Å²) in [6.45, 7) is 4.99. The van der Waals surface area contributed by atoms with E-state index < -0.39 is 9.84 Å². The summed E-state index contributed by atoms with van der Waals surface area (Å²) in [5, 5.41) is 3.78. The predicted octanol–water partition coefficient (Wildman–Crippen LogP) is 3.03. The van der Waals surface area contributed by atoms with Gasteiger partial charge in [-0.05, 0) is 43.0 Å². The second-order valence-electron chi connectivity index (χ2n) is 5.57. The van der Waals surface area contributed by atoms with Crippen LogP contribution in [0.2, 0.25) is 5.02 Å². The summed E-state index contributed by atoms with van der Waals surface area (Å²) in [7, 11) is -3.11. The molecule has 0 spiro atoms. The summed E-state index contributed by atoms with van der Waals surface area (Å²) in [4.78, 5) is 0. The first-order valence-corrected chi connectivity index (χ1v) is 9.22. The van der Waals surface area contributed by atoms with Crippen molar-refractivity contribution in [2.45, 2.75) is 43.7 Å². The minimum absolute atomic E-state index is 0.109. The third-order valence-electron chi connectivity index (χ3n) is 4.19. The lowest BCUT2D eigenvalue weighted by Crippen LogP contribution is -2.36. The zero-order chi connectivity index (χ0) is 14.8. The number of nitrogens with one attached hydrogen (secondary N) is 1. The number of hydrogen-bond acceptors (Lipinski definition) is 3. The number of halogens is 1. The minimum Gasteiger partial charge on any atom is -0.314 e. The van der Waals surface area contributed by atoms with Crippen molar-refractivity contribution in [2.75, 3.05) is 6.54 Å². The number of rotatable bonds is 5. The molecule has 1 N–H and O–H groups in total. The Balaban J connectivity index is 2.09. The van der Waals surface area contributed by atoms with Crippen LogP contribution in [0.4, 0.5) is 0 Å². The van der Waals surface area contributed by atoms with Gasteiger partial charge in [0.1, 0.15) is 0 Å². The topological polar surface area (TPSA) is 46.2 Å². The van der Waals surface area contributed by atoms with Gasteiger partial charge in [-0.1, -0.05) is 37.6 Å². The maximum Gasteiger partial charge on any atom is 0.157 e. The van der Waals surface area contributed by atoms with Gasteiger partial charge in [0.05, 0.1) is 11.0 Å². The van der Waals surface area contributed by atoms with Gasteiger partial charge in [-0.15, -0.1) is 0 Å². The van der Waals surface area contributed by atoms with Crippen LogP contribution >= 0.6 is 11.6 Å². The van der Waals surface area contributed by atoms with Crippen molar-refractivity contribution >= 4 is 21.4 Å². The highest BCUT2D eigenvalue weighted by Crippen LogP contribution is 2.33. The molecule has 5 heteroatoms. The fourth-order valence-corrected chi connectivity index (χ4v) is 5.44. The van der Waals surface area contributed by atoms with E-state index in [1.807, 2.05) is 6.92 Å². The molecule has 20 heavy (non-hydrogen) atoms. The molecule has 0 radical (unpaired) electrons. The third-order valence-corrected chi connectivity index (χ3v) is 6.77. The molecule has 1 saturated carbocycles. The lowest BCUT2D eigenvalue weighted by molar-refractivity contribution is 0.433. The Hall–Kier alpha value is -0.580. The van der Waals surface area contributed by atoms with Crippen molar-refractivity contribution in [1.82, 2.24) is 5.32 Å². The maximum absolute atomic E-state index is 12.6. The van der Waals surface area contributed by atoms with E-state index in [2.05, 4.69) is 12.2 Å². The first-order chi connectivity index (χ1) is 9.44. The molecule has 1 aliphatic carbocycles. The van der Waals surface area contributed by atoms with Gasteiger partial charge in [0.25, 0.3) is 0 Å². The van der Waals surface area contributed by atoms with Crippen molar-refractivity contribution in [1.29, 1.82) is 0 Å². The molecule has 0 saturated heterocycles. The molecular formula is C15H22ClNO2S. The molecule has 1 fully saturated rings. The van der Waals surface area contributed by atoms with Crippen LogP contribution in [0.5, 0.6) is 0 Å². The molecule has 0 aliphatic heterocycles. The molecule has 1 aliphatic rings. The standard InChI is InChI=1S/C15H22ClNO2S/c1-3-17-14-8-9-15(11(14)2)20(18,19)10-12-4-6-13(16)7-5-12/h4-7,11,14-15,17H,3,8-10H2,1-2H3. The minimum atomic E-state index is -3.11. The lowest BCUT2D eigenvalue weighted by Gasteiger charge is -2.21. The Labute approximate surface area is 126 Å². The van der Waals surface area contributed by atoms with E-state index in [-0.39, 0.29) is 16.9 Å². The van der Waals surface area contributed by atoms with E-state index in [4.69, 9.17) is 11.6 Å². The average molecular weight is 316 g/mol. The van der Waals surface area contributed by atoms with Gasteiger partial charge >= 0.3 is 0 Å². The van der Waals surface area contributed by atoms with Crippen molar-refractivity contribution in [3.63, 3.8) is 0 Å². The second kappa shape index (κ2) is 6.46. The van der Waals surface area contributed by atoms with Crippen LogP contribution < -0.4 is 5.32 Å². The molecule has 3 nitrogen and oxygen atoms in total. The number of benzene rings is 1. The molecule has 2 rings (SSSR count). The molecule has 112 valence electrons. The van der Waals surface area contributed by atoms with E-state index in [9.17, 15) is 8.42 Å². The first kappa shape index (κ1) is 15.8. The van der Waals surface area contributed by atoms with Crippen LogP contribution in [0, 0.1) is 5.92 Å². The molecule has 3 atom stereocenters. The second-order valence-corrected chi connectivity index (χ2v) is 8.23. The summed E-state index contributed by atoms with van der Waals surface area (Å²) >= 11 is 5.83. The van der Waals surface area contributed by atoms with Gasteiger partial charge in [0.2, 0.25) is 0 Å². The smallest absolute Gasteiger partial charge is 0.157 e. The zero-order valence-electron chi connectivity index (χ0n) is 12.0. The van der Waals surface area contributed by atoms with Crippen molar-refractivity contribution in [3.05, 3.63) is 34.9 Å². The SMILES string of the molecule is CCNC1CCC(S(=O)(=O)Cc2ccc(Cl)cc2)C1C. The predicted molar refractivity (Wildman–Crippen MR) is 83.7 cm³/mol. The zero-order valence-corrected chi connectivity index (χ0v) is 13.5. The van der Waals surface area contributed by atoms with Gasteiger partial charge in [-0.3, -0.25) is 0 Å². The van der Waals surface area contributed by atoms with Gasteiger partial charge < -0.3 is 5.32 Å². The fourth-order valence-electron chi connectivity index (χ4n) is 3.11. The van der Waals surface area contributed by atoms with E-state index >= 15 is 0 Å². The summed E-state index contributed by atoms with van der Waals surface area (Å²) < 4.78 is 25.2. The molecule has 0 aromatic heterocycles. The fraction of sp³-hybridized carbons (Fsp3) is 0.600. The van der Waals surface area contributed by atoms with Crippen molar-refractivity contribution in [3.8, 4) is 0 Å². The number of hydrogen-bond donors (Lipinski definition) is 1. The van der Waals surface area contributed by atoms with E-state index in [0.29, 0.717) is 11.1 Å². The summed E-state index contributed by atoms with van der Waals surface area (Å²) in [5.74, 6) is 0.283. The Morgan fingerprint density at radius 2 is 1.90 bits per heavy atom. The van der Waals surface area contributed by atoms with Crippen LogP contribution in [-0.2, 0) is 15.6 Å². The maximum atomic E-state index is 12.6. The first-order valence-electron chi connectivity index (χ1n) is 7.13. The highest BCUT2D eigenvalue weighted by atomic mass is 35.5. The molecule has 0 bridgehead atoms. The Morgan fingerprint density at radius 1 is 1.25 bits per heavy atom. The quantitative estimate of drug-likeness (QED) is 0.908. The van der Waals surface area contributed by atoms with E-state index in [1.165, 1.54) is 0 Å². The van der Waals surface area contributed by atoms with Gasteiger partial charge in [0, 0.05) is 11.1 Å². The lowest BCUT2D eigenvalue weighted by atomic mass is 10.1. The molecule has 1 aromatic carbocycles. The highest BCUT2D eigenvalue weighted by Gasteiger charge is 2.40. The van der Waals surface area contributed by atoms with Crippen LogP contribution in [0.15, 0.2) is 24.3 Å². The average Bonchev–Trinajstić information content (AvgIpc) is 2.75. The third kappa shape index (κ3) is 3.54. The molecule has 0 heterocycles. The summed E-state index contributed by atoms with van der Waals surface area (Å²) in [5.41, 5.74) is 0.813. The Kier molecular flexibility index (Phi) is 5.10. The van der Waals surface area contributed by atoms with Gasteiger partial charge in [-0.25, -0.2) is 8.42 Å². The molecule has 0 amide bonds. The van der Waals surface area contributed by atoms with Crippen LogP contribution in [0.25, 0.3) is 0 Å². The van der Waals surface area contributed by atoms with Gasteiger partial charge in [0.15, 0.2) is 9.84 Å². The van der Waals surface area contributed by atoms with Crippen molar-refractivity contribution in [2.24, 2.45) is 5.92 Å². The van der Waals surface area contributed by atoms with Crippen LogP contribution in [0.1, 0.15) is 32.3 Å². The van der Waals surface area contributed by atoms with Crippen molar-refractivity contribution < 1.29 is 8.42 Å². The van der Waals surface area contributed by atoms with E-state index in [1.54, 1.807) is 24.3 Å². The van der Waals surface area contributed by atoms with Crippen LogP contribution in [-0.4, -0.2) is 26.3 Å². The normalized spacial score (nSPS) is 26.9. The van der Waals surface area contributed by atoms with Gasteiger partial charge in [-0.2, -0.15) is 0 Å². The Morgan fingerprint density at radius 3 is 2.50 bits per heavy atom. The summed E-state index contributed by atoms with van der Waals surface area (Å²) in [6.07, 6.45) is 1.70. The summed E-state index contributed by atoms with van der Waals surface area (Å²) in [6, 6.07) is 7.39. The largest absolute Gasteiger partial charge is 0.314 e. The molecular weight excluding hydrogens is 294 g/mol. The monoisotopic (exact) mass is 315 g/mol. The molecule has 3 unspecified atom stereocenters. The van der Waals surface area contributed by atoms with Crippen LogP contribution in [0.3, 0.4) is 0 Å². The Bertz CT molecular complexity index is 541. The number of sulfone groups is 1. The van der Waals surface area contributed by atoms with E-state index in [0.717, 1.165) is 24.9 Å². The molecule has 1 aromatic rings.